The molecule has 1 aliphatic heterocycles. The summed E-state index contributed by atoms with van der Waals surface area (Å²) < 4.78 is 54.3. The van der Waals surface area contributed by atoms with E-state index in [1.165, 1.54) is 18.2 Å². The number of hydrogen-bond acceptors (Lipinski definition) is 8. The van der Waals surface area contributed by atoms with Gasteiger partial charge in [0.2, 0.25) is 15.9 Å². The number of rotatable bonds is 5. The topological polar surface area (TPSA) is 126 Å². The molecule has 2 atom stereocenters. The van der Waals surface area contributed by atoms with E-state index in [0.717, 1.165) is 17.0 Å². The SMILES string of the molecule is COC(=O)c1cc(Cl)cc2c1S(=O)(=O)N([C@H](c1n[nH]c(=O)o1)C(C)c1c(F)ccc(C)c1C)CN2C. The van der Waals surface area contributed by atoms with Gasteiger partial charge in [0.1, 0.15) is 16.8 Å². The number of methoxy groups -OCH3 is 1. The van der Waals surface area contributed by atoms with Gasteiger partial charge >= 0.3 is 11.7 Å². The van der Waals surface area contributed by atoms with E-state index in [9.17, 15) is 18.0 Å². The van der Waals surface area contributed by atoms with E-state index in [1.807, 2.05) is 6.92 Å². The quantitative estimate of drug-likeness (QED) is 0.489. The van der Waals surface area contributed by atoms with Crippen molar-refractivity contribution >= 4 is 33.3 Å². The largest absolute Gasteiger partial charge is 0.465 e. The summed E-state index contributed by atoms with van der Waals surface area (Å²) in [6.07, 6.45) is 0. The van der Waals surface area contributed by atoms with Crippen LogP contribution in [0, 0.1) is 19.7 Å². The number of aromatic nitrogens is 2. The van der Waals surface area contributed by atoms with Crippen LogP contribution < -0.4 is 10.7 Å². The van der Waals surface area contributed by atoms with Crippen molar-refractivity contribution in [1.29, 1.82) is 0 Å². The molecule has 0 aliphatic carbocycles. The predicted molar refractivity (Wildman–Crippen MR) is 129 cm³/mol. The van der Waals surface area contributed by atoms with Crippen LogP contribution in [0.2, 0.25) is 5.02 Å². The number of hydrogen-bond donors (Lipinski definition) is 1. The Bertz CT molecular complexity index is 1520. The third-order valence-electron chi connectivity index (χ3n) is 6.45. The summed E-state index contributed by atoms with van der Waals surface area (Å²) in [5, 5.41) is 6.18. The summed E-state index contributed by atoms with van der Waals surface area (Å²) in [6.45, 7) is 4.93. The van der Waals surface area contributed by atoms with Crippen LogP contribution in [0.1, 0.15) is 51.8 Å². The Morgan fingerprint density at radius 1 is 1.31 bits per heavy atom. The molecule has 0 bridgehead atoms. The van der Waals surface area contributed by atoms with Crippen LogP contribution in [0.25, 0.3) is 0 Å². The van der Waals surface area contributed by atoms with Gasteiger partial charge in [-0.15, -0.1) is 5.10 Å². The van der Waals surface area contributed by atoms with E-state index < -0.39 is 39.5 Å². The molecule has 2 heterocycles. The normalized spacial score (nSPS) is 16.9. The second-order valence-corrected chi connectivity index (χ2v) is 10.9. The zero-order valence-electron chi connectivity index (χ0n) is 20.1. The van der Waals surface area contributed by atoms with Gasteiger partial charge in [0, 0.05) is 18.0 Å². The summed E-state index contributed by atoms with van der Waals surface area (Å²) in [5.74, 6) is -3.44. The first-order valence-electron chi connectivity index (χ1n) is 10.8. The Balaban J connectivity index is 1.98. The number of halogens is 2. The summed E-state index contributed by atoms with van der Waals surface area (Å²) in [5.41, 5.74) is 1.59. The van der Waals surface area contributed by atoms with E-state index in [0.29, 0.717) is 5.56 Å². The minimum absolute atomic E-state index is 0.144. The lowest BCUT2D eigenvalue weighted by Gasteiger charge is -2.41. The van der Waals surface area contributed by atoms with Gasteiger partial charge < -0.3 is 14.1 Å². The second-order valence-electron chi connectivity index (χ2n) is 8.61. The minimum atomic E-state index is -4.45. The highest BCUT2D eigenvalue weighted by atomic mass is 35.5. The highest BCUT2D eigenvalue weighted by molar-refractivity contribution is 7.89. The van der Waals surface area contributed by atoms with Gasteiger partial charge in [-0.1, -0.05) is 24.6 Å². The third-order valence-corrected chi connectivity index (χ3v) is 8.57. The monoisotopic (exact) mass is 538 g/mol. The van der Waals surface area contributed by atoms with E-state index in [2.05, 4.69) is 10.2 Å². The number of aryl methyl sites for hydroxylation is 1. The maximum Gasteiger partial charge on any atom is 0.434 e. The molecular formula is C23H24ClFN4O6S. The number of anilines is 1. The molecule has 0 spiro atoms. The van der Waals surface area contributed by atoms with Crippen LogP contribution in [0.15, 0.2) is 38.4 Å². The fourth-order valence-corrected chi connectivity index (χ4v) is 6.83. The lowest BCUT2D eigenvalue weighted by atomic mass is 9.87. The molecule has 0 saturated carbocycles. The van der Waals surface area contributed by atoms with Gasteiger partial charge in [-0.25, -0.2) is 27.5 Å². The number of carbonyl (C=O) groups is 1. The number of H-pyrrole nitrogens is 1. The van der Waals surface area contributed by atoms with Crippen LogP contribution in [0.3, 0.4) is 0 Å². The Labute approximate surface area is 211 Å². The molecule has 1 aromatic heterocycles. The number of aromatic amines is 1. The van der Waals surface area contributed by atoms with Gasteiger partial charge in [0.25, 0.3) is 0 Å². The van der Waals surface area contributed by atoms with Crippen molar-refractivity contribution in [1.82, 2.24) is 14.5 Å². The van der Waals surface area contributed by atoms with E-state index >= 15 is 4.39 Å². The highest BCUT2D eigenvalue weighted by Gasteiger charge is 2.46. The van der Waals surface area contributed by atoms with Gasteiger partial charge in [-0.3, -0.25) is 0 Å². The number of sulfonamides is 1. The fraction of sp³-hybridized carbons (Fsp3) is 0.348. The first-order chi connectivity index (χ1) is 16.9. The van der Waals surface area contributed by atoms with Crippen molar-refractivity contribution in [3.05, 3.63) is 73.8 Å². The fourth-order valence-electron chi connectivity index (χ4n) is 4.59. The standard InChI is InChI=1S/C23H24ClFN4O6S/c1-11-6-7-16(25)18(12(11)2)13(3)19(21-26-27-23(31)35-21)29-10-28(4)17-9-14(24)8-15(22(30)34-5)20(17)36(29,32)33/h6-9,13,19H,10H2,1-5H3,(H,27,31)/t13?,19-/m0/s1. The number of nitrogens with one attached hydrogen (secondary N) is 1. The number of esters is 1. The minimum Gasteiger partial charge on any atom is -0.465 e. The molecule has 1 N–H and O–H groups in total. The van der Waals surface area contributed by atoms with Gasteiger partial charge in [0.05, 0.1) is 25.0 Å². The number of benzene rings is 2. The molecular weight excluding hydrogens is 515 g/mol. The molecule has 0 radical (unpaired) electrons. The molecule has 0 amide bonds. The van der Waals surface area contributed by atoms with E-state index in [-0.39, 0.29) is 39.3 Å². The summed E-state index contributed by atoms with van der Waals surface area (Å²) in [6, 6.07) is 4.31. The van der Waals surface area contributed by atoms with Crippen molar-refractivity contribution in [2.75, 3.05) is 25.7 Å². The smallest absolute Gasteiger partial charge is 0.434 e. The molecule has 10 nitrogen and oxygen atoms in total. The Kier molecular flexibility index (Phi) is 6.71. The number of ether oxygens (including phenoxy) is 1. The number of nitrogens with zero attached hydrogens (tertiary/aromatic N) is 3. The van der Waals surface area contributed by atoms with Crippen LogP contribution in [-0.2, 0) is 14.8 Å². The van der Waals surface area contributed by atoms with Crippen molar-refractivity contribution in [3.63, 3.8) is 0 Å². The Morgan fingerprint density at radius 3 is 2.61 bits per heavy atom. The van der Waals surface area contributed by atoms with Gasteiger partial charge in [0.15, 0.2) is 0 Å². The summed E-state index contributed by atoms with van der Waals surface area (Å²) in [4.78, 5) is 25.6. The van der Waals surface area contributed by atoms with Crippen molar-refractivity contribution < 1.29 is 26.8 Å². The van der Waals surface area contributed by atoms with Crippen molar-refractivity contribution in [2.45, 2.75) is 37.6 Å². The number of carbonyl (C=O) groups excluding carboxylic acids is 1. The third kappa shape index (κ3) is 4.18. The van der Waals surface area contributed by atoms with Crippen molar-refractivity contribution in [3.8, 4) is 0 Å². The molecule has 0 saturated heterocycles. The molecule has 3 aromatic rings. The van der Waals surface area contributed by atoms with E-state index in [4.69, 9.17) is 20.8 Å². The predicted octanol–water partition coefficient (Wildman–Crippen LogP) is 3.50. The van der Waals surface area contributed by atoms with E-state index in [1.54, 1.807) is 31.9 Å². The van der Waals surface area contributed by atoms with Crippen LogP contribution in [0.5, 0.6) is 0 Å². The summed E-state index contributed by atoms with van der Waals surface area (Å²) >= 11 is 6.17. The average Bonchev–Trinajstić information content (AvgIpc) is 3.24. The first kappa shape index (κ1) is 25.9. The second kappa shape index (κ2) is 9.34. The van der Waals surface area contributed by atoms with Crippen LogP contribution >= 0.6 is 11.6 Å². The molecule has 2 aromatic carbocycles. The molecule has 0 fully saturated rings. The Hall–Kier alpha value is -3.22. The molecule has 13 heteroatoms. The van der Waals surface area contributed by atoms with Crippen LogP contribution in [0.4, 0.5) is 10.1 Å². The molecule has 36 heavy (non-hydrogen) atoms. The zero-order chi connectivity index (χ0) is 26.5. The van der Waals surface area contributed by atoms with Crippen molar-refractivity contribution in [2.24, 2.45) is 0 Å². The molecule has 1 aliphatic rings. The van der Waals surface area contributed by atoms with Gasteiger partial charge in [-0.05, 0) is 48.7 Å². The maximum absolute atomic E-state index is 15.1. The zero-order valence-corrected chi connectivity index (χ0v) is 21.7. The number of fused-ring (bicyclic) bond motifs is 1. The first-order valence-corrected chi connectivity index (χ1v) is 12.7. The molecule has 4 rings (SSSR count). The average molecular weight is 539 g/mol. The lowest BCUT2D eigenvalue weighted by molar-refractivity contribution is 0.0596. The maximum atomic E-state index is 15.1. The molecule has 1 unspecified atom stereocenters. The van der Waals surface area contributed by atoms with Crippen LogP contribution in [-0.4, -0.2) is 49.7 Å². The lowest BCUT2D eigenvalue weighted by Crippen LogP contribution is -2.48. The Morgan fingerprint density at radius 2 is 2.00 bits per heavy atom. The summed E-state index contributed by atoms with van der Waals surface area (Å²) in [7, 11) is -1.72. The van der Waals surface area contributed by atoms with Gasteiger partial charge in [-0.2, -0.15) is 4.31 Å². The molecule has 192 valence electrons. The highest BCUT2D eigenvalue weighted by Crippen LogP contribution is 2.45.